The van der Waals surface area contributed by atoms with Crippen molar-refractivity contribution in [2.75, 3.05) is 5.73 Å². The van der Waals surface area contributed by atoms with Crippen LogP contribution in [0.2, 0.25) is 0 Å². The zero-order valence-electron chi connectivity index (χ0n) is 11.7. The maximum absolute atomic E-state index is 14.0. The van der Waals surface area contributed by atoms with E-state index < -0.39 is 0 Å². The molecule has 6 heteroatoms. The Labute approximate surface area is 125 Å². The van der Waals surface area contributed by atoms with Crippen molar-refractivity contribution in [3.05, 3.63) is 47.5 Å². The highest BCUT2D eigenvalue weighted by Gasteiger charge is 2.25. The first-order valence-corrected chi connectivity index (χ1v) is 7.11. The molecule has 0 fully saturated rings. The predicted octanol–water partition coefficient (Wildman–Crippen LogP) is 2.66. The van der Waals surface area contributed by atoms with Gasteiger partial charge in [0, 0.05) is 6.42 Å². The molecule has 0 bridgehead atoms. The summed E-state index contributed by atoms with van der Waals surface area (Å²) in [7, 11) is 0. The SMILES string of the molecule is Nc1c2c(nc3c1cnn3-c1ccccc1F)CCCC2=O. The van der Waals surface area contributed by atoms with E-state index in [1.165, 1.54) is 16.9 Å². The van der Waals surface area contributed by atoms with Crippen molar-refractivity contribution in [1.29, 1.82) is 0 Å². The highest BCUT2D eigenvalue weighted by Crippen LogP contribution is 2.32. The van der Waals surface area contributed by atoms with E-state index in [-0.39, 0.29) is 11.6 Å². The second-order valence-corrected chi connectivity index (χ2v) is 5.37. The number of aryl methyl sites for hydroxylation is 1. The summed E-state index contributed by atoms with van der Waals surface area (Å²) < 4.78 is 15.4. The Bertz CT molecular complexity index is 916. The lowest BCUT2D eigenvalue weighted by molar-refractivity contribution is 0.0972. The number of rotatable bonds is 1. The van der Waals surface area contributed by atoms with Gasteiger partial charge in [-0.1, -0.05) is 12.1 Å². The van der Waals surface area contributed by atoms with Crippen LogP contribution in [0.4, 0.5) is 10.1 Å². The molecule has 3 aromatic rings. The molecule has 1 aliphatic rings. The topological polar surface area (TPSA) is 73.8 Å². The number of aromatic nitrogens is 3. The zero-order valence-corrected chi connectivity index (χ0v) is 11.7. The Kier molecular flexibility index (Phi) is 2.72. The molecule has 4 rings (SSSR count). The van der Waals surface area contributed by atoms with Gasteiger partial charge in [-0.3, -0.25) is 4.79 Å². The summed E-state index contributed by atoms with van der Waals surface area (Å²) in [4.78, 5) is 16.6. The minimum absolute atomic E-state index is 0.0202. The fraction of sp³-hybridized carbons (Fsp3) is 0.188. The number of benzene rings is 1. The Morgan fingerprint density at radius 2 is 2.05 bits per heavy atom. The molecule has 0 saturated carbocycles. The lowest BCUT2D eigenvalue weighted by atomic mass is 9.93. The van der Waals surface area contributed by atoms with E-state index in [1.807, 2.05) is 0 Å². The van der Waals surface area contributed by atoms with Crippen LogP contribution in [-0.4, -0.2) is 20.5 Å². The predicted molar refractivity (Wildman–Crippen MR) is 80.5 cm³/mol. The first-order chi connectivity index (χ1) is 10.7. The fourth-order valence-electron chi connectivity index (χ4n) is 2.95. The molecule has 0 amide bonds. The number of anilines is 1. The third-order valence-corrected chi connectivity index (χ3v) is 4.01. The van der Waals surface area contributed by atoms with Crippen molar-refractivity contribution in [1.82, 2.24) is 14.8 Å². The first-order valence-electron chi connectivity index (χ1n) is 7.11. The lowest BCUT2D eigenvalue weighted by Gasteiger charge is -2.16. The number of halogens is 1. The van der Waals surface area contributed by atoms with Crippen LogP contribution in [0.5, 0.6) is 0 Å². The van der Waals surface area contributed by atoms with E-state index in [4.69, 9.17) is 5.73 Å². The van der Waals surface area contributed by atoms with Crippen LogP contribution in [-0.2, 0) is 6.42 Å². The van der Waals surface area contributed by atoms with Gasteiger partial charge in [0.1, 0.15) is 11.5 Å². The molecule has 0 unspecified atom stereocenters. The quantitative estimate of drug-likeness (QED) is 0.749. The van der Waals surface area contributed by atoms with E-state index in [1.54, 1.807) is 18.2 Å². The van der Waals surface area contributed by atoms with Crippen LogP contribution in [0, 0.1) is 5.82 Å². The van der Waals surface area contributed by atoms with Crippen molar-refractivity contribution in [3.8, 4) is 5.69 Å². The Morgan fingerprint density at radius 3 is 2.86 bits per heavy atom. The molecule has 0 spiro atoms. The smallest absolute Gasteiger partial charge is 0.166 e. The molecule has 0 radical (unpaired) electrons. The lowest BCUT2D eigenvalue weighted by Crippen LogP contribution is -2.16. The van der Waals surface area contributed by atoms with Gasteiger partial charge >= 0.3 is 0 Å². The van der Waals surface area contributed by atoms with Crippen LogP contribution in [0.1, 0.15) is 28.9 Å². The third-order valence-electron chi connectivity index (χ3n) is 4.01. The minimum Gasteiger partial charge on any atom is -0.397 e. The Morgan fingerprint density at radius 1 is 1.23 bits per heavy atom. The summed E-state index contributed by atoms with van der Waals surface area (Å²) in [6, 6.07) is 6.35. The van der Waals surface area contributed by atoms with Crippen LogP contribution in [0.3, 0.4) is 0 Å². The molecular formula is C16H13FN4O. The Balaban J connectivity index is 2.03. The van der Waals surface area contributed by atoms with Gasteiger partial charge in [0.15, 0.2) is 11.4 Å². The van der Waals surface area contributed by atoms with Gasteiger partial charge in [0.25, 0.3) is 0 Å². The number of hydrogen-bond donors (Lipinski definition) is 1. The van der Waals surface area contributed by atoms with E-state index in [2.05, 4.69) is 10.1 Å². The standard InChI is InChI=1S/C16H13FN4O/c17-10-4-1-2-6-12(10)21-16-9(8-19-21)15(18)14-11(20-16)5-3-7-13(14)22/h1-2,4,6,8H,3,5,7H2,(H2,18,20). The molecule has 2 aromatic heterocycles. The van der Waals surface area contributed by atoms with Crippen LogP contribution in [0.25, 0.3) is 16.7 Å². The summed E-state index contributed by atoms with van der Waals surface area (Å²) >= 11 is 0. The first kappa shape index (κ1) is 12.9. The fourth-order valence-corrected chi connectivity index (χ4v) is 2.95. The molecule has 22 heavy (non-hydrogen) atoms. The summed E-state index contributed by atoms with van der Waals surface area (Å²) in [6.45, 7) is 0. The zero-order chi connectivity index (χ0) is 15.3. The maximum Gasteiger partial charge on any atom is 0.166 e. The minimum atomic E-state index is -0.387. The van der Waals surface area contributed by atoms with Crippen molar-refractivity contribution < 1.29 is 9.18 Å². The molecule has 2 heterocycles. The number of para-hydroxylation sites is 1. The van der Waals surface area contributed by atoms with Crippen molar-refractivity contribution >= 4 is 22.5 Å². The largest absolute Gasteiger partial charge is 0.397 e. The number of hydrogen-bond acceptors (Lipinski definition) is 4. The van der Waals surface area contributed by atoms with Gasteiger partial charge in [-0.05, 0) is 25.0 Å². The number of carbonyl (C=O) groups is 1. The number of nitrogens with two attached hydrogens (primary N) is 1. The molecule has 0 atom stereocenters. The number of pyridine rings is 1. The number of Topliss-reactive ketones (excluding diaryl/α,β-unsaturated/α-hetero) is 1. The molecule has 5 nitrogen and oxygen atoms in total. The van der Waals surface area contributed by atoms with Gasteiger partial charge in [0.2, 0.25) is 0 Å². The van der Waals surface area contributed by atoms with Gasteiger partial charge in [0.05, 0.1) is 28.5 Å². The van der Waals surface area contributed by atoms with E-state index in [0.29, 0.717) is 46.5 Å². The average molecular weight is 296 g/mol. The summed E-state index contributed by atoms with van der Waals surface area (Å²) in [6.07, 6.45) is 3.49. The highest BCUT2D eigenvalue weighted by molar-refractivity contribution is 6.08. The number of nitrogens with zero attached hydrogens (tertiary/aromatic N) is 3. The normalized spacial score (nSPS) is 14.3. The molecule has 0 saturated heterocycles. The number of carbonyl (C=O) groups excluding carboxylic acids is 1. The second kappa shape index (κ2) is 4.62. The van der Waals surface area contributed by atoms with Crippen molar-refractivity contribution in [2.45, 2.75) is 19.3 Å². The van der Waals surface area contributed by atoms with Crippen LogP contribution in [0.15, 0.2) is 30.5 Å². The van der Waals surface area contributed by atoms with E-state index in [9.17, 15) is 9.18 Å². The van der Waals surface area contributed by atoms with Crippen molar-refractivity contribution in [3.63, 3.8) is 0 Å². The summed E-state index contributed by atoms with van der Waals surface area (Å²) in [5.74, 6) is -0.367. The Hall–Kier alpha value is -2.76. The van der Waals surface area contributed by atoms with Gasteiger partial charge in [-0.2, -0.15) is 5.10 Å². The number of nitrogen functional groups attached to an aromatic ring is 1. The molecule has 0 aliphatic heterocycles. The molecule has 1 aromatic carbocycles. The maximum atomic E-state index is 14.0. The van der Waals surface area contributed by atoms with Gasteiger partial charge in [-0.15, -0.1) is 0 Å². The molecule has 1 aliphatic carbocycles. The van der Waals surface area contributed by atoms with Crippen LogP contribution >= 0.6 is 0 Å². The van der Waals surface area contributed by atoms with Crippen LogP contribution < -0.4 is 5.73 Å². The van der Waals surface area contributed by atoms with E-state index >= 15 is 0 Å². The number of fused-ring (bicyclic) bond motifs is 2. The molecule has 110 valence electrons. The summed E-state index contributed by atoms with van der Waals surface area (Å²) in [5, 5.41) is 4.79. The van der Waals surface area contributed by atoms with E-state index in [0.717, 1.165) is 6.42 Å². The van der Waals surface area contributed by atoms with Gasteiger partial charge in [-0.25, -0.2) is 14.1 Å². The van der Waals surface area contributed by atoms with Crippen molar-refractivity contribution in [2.24, 2.45) is 0 Å². The highest BCUT2D eigenvalue weighted by atomic mass is 19.1. The van der Waals surface area contributed by atoms with Gasteiger partial charge < -0.3 is 5.73 Å². The third kappa shape index (κ3) is 1.73. The molecular weight excluding hydrogens is 283 g/mol. The average Bonchev–Trinajstić information content (AvgIpc) is 2.92. The molecule has 2 N–H and O–H groups in total. The monoisotopic (exact) mass is 296 g/mol. The summed E-state index contributed by atoms with van der Waals surface area (Å²) in [5.41, 5.74) is 8.53. The second-order valence-electron chi connectivity index (χ2n) is 5.37. The number of ketones is 1.